The van der Waals surface area contributed by atoms with Gasteiger partial charge in [0.15, 0.2) is 0 Å². The topological polar surface area (TPSA) is 35.0 Å². The first-order chi connectivity index (χ1) is 5.08. The lowest BCUT2D eigenvalue weighted by Crippen LogP contribution is -2.33. The van der Waals surface area contributed by atoms with Gasteiger partial charge in [-0.3, -0.25) is 0 Å². The standard InChI is InChI=1S/C10H16N.3BrH.H3N/c1-11(2,3)9-10-7-5-4-6-8-10;;;;/h4-8H,9H2,1-3H3;3*1H;1H3/q+1;;;;. The van der Waals surface area contributed by atoms with E-state index in [2.05, 4.69) is 51.5 Å². The van der Waals surface area contributed by atoms with Crippen LogP contribution < -0.4 is 6.15 Å². The van der Waals surface area contributed by atoms with E-state index in [-0.39, 0.29) is 57.1 Å². The Morgan fingerprint density at radius 3 is 1.60 bits per heavy atom. The maximum absolute atomic E-state index is 2.20. The van der Waals surface area contributed by atoms with E-state index in [4.69, 9.17) is 0 Å². The summed E-state index contributed by atoms with van der Waals surface area (Å²) in [6.07, 6.45) is 0. The fourth-order valence-electron chi connectivity index (χ4n) is 1.13. The minimum Gasteiger partial charge on any atom is -0.344 e. The Kier molecular flexibility index (Phi) is 18.2. The molecule has 0 aliphatic heterocycles. The quantitative estimate of drug-likeness (QED) is 0.741. The highest BCUT2D eigenvalue weighted by Gasteiger charge is 2.06. The average molecular weight is 410 g/mol. The van der Waals surface area contributed by atoms with Crippen molar-refractivity contribution in [3.63, 3.8) is 0 Å². The van der Waals surface area contributed by atoms with Gasteiger partial charge in [-0.1, -0.05) is 30.3 Å². The molecule has 0 amide bonds. The third-order valence-electron chi connectivity index (χ3n) is 1.50. The van der Waals surface area contributed by atoms with Gasteiger partial charge in [0, 0.05) is 5.56 Å². The molecular weight excluding hydrogens is 388 g/mol. The van der Waals surface area contributed by atoms with Gasteiger partial charge in [-0.15, -0.1) is 50.9 Å². The summed E-state index contributed by atoms with van der Waals surface area (Å²) in [4.78, 5) is 0. The smallest absolute Gasteiger partial charge is 0.104 e. The zero-order chi connectivity index (χ0) is 8.32. The summed E-state index contributed by atoms with van der Waals surface area (Å²) >= 11 is 0. The molecule has 0 spiro atoms. The lowest BCUT2D eigenvalue weighted by atomic mass is 10.2. The van der Waals surface area contributed by atoms with Crippen LogP contribution in [0.4, 0.5) is 0 Å². The molecule has 0 bridgehead atoms. The third kappa shape index (κ3) is 12.5. The molecule has 0 aliphatic rings. The van der Waals surface area contributed by atoms with Gasteiger partial charge in [0.1, 0.15) is 6.54 Å². The number of hydrogen-bond acceptors (Lipinski definition) is 1. The molecule has 0 saturated carbocycles. The molecule has 15 heavy (non-hydrogen) atoms. The summed E-state index contributed by atoms with van der Waals surface area (Å²) in [5.74, 6) is 0. The van der Waals surface area contributed by atoms with Crippen LogP contribution in [0.5, 0.6) is 0 Å². The Morgan fingerprint density at radius 1 is 0.867 bits per heavy atom. The van der Waals surface area contributed by atoms with Crippen LogP contribution in [0.1, 0.15) is 5.56 Å². The van der Waals surface area contributed by atoms with Crippen molar-refractivity contribution in [2.45, 2.75) is 6.54 Å². The number of nitrogens with zero attached hydrogens (tertiary/aromatic N) is 1. The Morgan fingerprint density at radius 2 is 1.27 bits per heavy atom. The molecule has 0 radical (unpaired) electrons. The molecule has 0 unspecified atom stereocenters. The second-order valence-electron chi connectivity index (χ2n) is 3.93. The van der Waals surface area contributed by atoms with Gasteiger partial charge in [-0.25, -0.2) is 0 Å². The maximum atomic E-state index is 2.20. The number of benzene rings is 1. The van der Waals surface area contributed by atoms with Gasteiger partial charge < -0.3 is 10.6 Å². The predicted octanol–water partition coefficient (Wildman–Crippen LogP) is 3.79. The number of quaternary nitrogens is 1. The summed E-state index contributed by atoms with van der Waals surface area (Å²) in [5, 5.41) is 0. The van der Waals surface area contributed by atoms with Crippen LogP contribution in [-0.2, 0) is 6.54 Å². The summed E-state index contributed by atoms with van der Waals surface area (Å²) in [6, 6.07) is 10.6. The Labute approximate surface area is 125 Å². The van der Waals surface area contributed by atoms with Gasteiger partial charge in [-0.05, 0) is 0 Å². The van der Waals surface area contributed by atoms with Crippen molar-refractivity contribution in [2.24, 2.45) is 0 Å². The Bertz CT molecular complexity index is 222. The lowest BCUT2D eigenvalue weighted by molar-refractivity contribution is -0.884. The molecule has 0 fully saturated rings. The molecule has 5 heteroatoms. The largest absolute Gasteiger partial charge is 0.344 e. The van der Waals surface area contributed by atoms with Crippen LogP contribution in [0.2, 0.25) is 0 Å². The molecule has 2 nitrogen and oxygen atoms in total. The second kappa shape index (κ2) is 11.1. The molecule has 1 rings (SSSR count). The first-order valence-electron chi connectivity index (χ1n) is 3.92. The van der Waals surface area contributed by atoms with Crippen LogP contribution >= 0.6 is 50.9 Å². The zero-order valence-electron chi connectivity index (χ0n) is 9.47. The molecule has 0 heterocycles. The maximum Gasteiger partial charge on any atom is 0.104 e. The monoisotopic (exact) mass is 407 g/mol. The number of hydrogen-bond donors (Lipinski definition) is 1. The number of rotatable bonds is 2. The van der Waals surface area contributed by atoms with Crippen molar-refractivity contribution in [3.05, 3.63) is 35.9 Å². The van der Waals surface area contributed by atoms with E-state index in [0.717, 1.165) is 11.0 Å². The minimum absolute atomic E-state index is 0. The van der Waals surface area contributed by atoms with Crippen molar-refractivity contribution in [1.82, 2.24) is 6.15 Å². The van der Waals surface area contributed by atoms with Gasteiger partial charge in [0.25, 0.3) is 0 Å². The molecule has 1 aromatic carbocycles. The Hall–Kier alpha value is 0.580. The van der Waals surface area contributed by atoms with E-state index in [9.17, 15) is 0 Å². The Balaban J connectivity index is -0.000000151. The van der Waals surface area contributed by atoms with Crippen molar-refractivity contribution in [2.75, 3.05) is 21.1 Å². The van der Waals surface area contributed by atoms with Crippen LogP contribution in [0.15, 0.2) is 30.3 Å². The highest BCUT2D eigenvalue weighted by atomic mass is 79.9. The molecule has 0 saturated heterocycles. The highest BCUT2D eigenvalue weighted by Crippen LogP contribution is 2.04. The molecule has 0 atom stereocenters. The molecular formula is C10H22Br3N2+. The van der Waals surface area contributed by atoms with Gasteiger partial charge >= 0.3 is 0 Å². The normalized spacial score (nSPS) is 8.47. The SMILES string of the molecule is Br.Br.Br.C[N+](C)(C)Cc1ccccc1.N. The van der Waals surface area contributed by atoms with Crippen molar-refractivity contribution < 1.29 is 4.48 Å². The zero-order valence-corrected chi connectivity index (χ0v) is 14.6. The van der Waals surface area contributed by atoms with E-state index in [1.807, 2.05) is 0 Å². The van der Waals surface area contributed by atoms with Crippen molar-refractivity contribution in [1.29, 1.82) is 0 Å². The average Bonchev–Trinajstić information content (AvgIpc) is 1.85. The molecule has 0 aliphatic carbocycles. The van der Waals surface area contributed by atoms with Crippen LogP contribution in [0, 0.1) is 0 Å². The van der Waals surface area contributed by atoms with E-state index < -0.39 is 0 Å². The molecule has 3 N–H and O–H groups in total. The van der Waals surface area contributed by atoms with E-state index in [1.165, 1.54) is 5.56 Å². The van der Waals surface area contributed by atoms with E-state index in [1.54, 1.807) is 0 Å². The molecule has 1 aromatic rings. The summed E-state index contributed by atoms with van der Waals surface area (Å²) in [5.41, 5.74) is 1.40. The van der Waals surface area contributed by atoms with Crippen LogP contribution in [-0.4, -0.2) is 25.6 Å². The highest BCUT2D eigenvalue weighted by molar-refractivity contribution is 8.93. The van der Waals surface area contributed by atoms with Crippen molar-refractivity contribution >= 4 is 50.9 Å². The van der Waals surface area contributed by atoms with Crippen LogP contribution in [0.3, 0.4) is 0 Å². The lowest BCUT2D eigenvalue weighted by Gasteiger charge is -2.23. The fraction of sp³-hybridized carbons (Fsp3) is 0.400. The van der Waals surface area contributed by atoms with Gasteiger partial charge in [-0.2, -0.15) is 0 Å². The minimum atomic E-state index is 0. The third-order valence-corrected chi connectivity index (χ3v) is 1.50. The van der Waals surface area contributed by atoms with E-state index in [0.29, 0.717) is 0 Å². The van der Waals surface area contributed by atoms with Crippen LogP contribution in [0.25, 0.3) is 0 Å². The first-order valence-corrected chi connectivity index (χ1v) is 3.92. The van der Waals surface area contributed by atoms with Gasteiger partial charge in [0.05, 0.1) is 21.1 Å². The van der Waals surface area contributed by atoms with Crippen molar-refractivity contribution in [3.8, 4) is 0 Å². The van der Waals surface area contributed by atoms with E-state index >= 15 is 0 Å². The summed E-state index contributed by atoms with van der Waals surface area (Å²) < 4.78 is 0.990. The first kappa shape index (κ1) is 24.7. The molecule has 92 valence electrons. The van der Waals surface area contributed by atoms with Gasteiger partial charge in [0.2, 0.25) is 0 Å². The fourth-order valence-corrected chi connectivity index (χ4v) is 1.13. The molecule has 0 aromatic heterocycles. The predicted molar refractivity (Wildman–Crippen MR) is 84.2 cm³/mol. The summed E-state index contributed by atoms with van der Waals surface area (Å²) in [7, 11) is 6.60. The second-order valence-corrected chi connectivity index (χ2v) is 3.93. The number of halogens is 3. The summed E-state index contributed by atoms with van der Waals surface area (Å²) in [6.45, 7) is 1.10.